The molecule has 4 nitrogen and oxygen atoms in total. The second kappa shape index (κ2) is 6.17. The van der Waals surface area contributed by atoms with Crippen molar-refractivity contribution in [3.63, 3.8) is 0 Å². The van der Waals surface area contributed by atoms with Crippen LogP contribution in [0.3, 0.4) is 0 Å². The third-order valence-electron chi connectivity index (χ3n) is 3.65. The maximum atomic E-state index is 12.4. The van der Waals surface area contributed by atoms with Crippen molar-refractivity contribution in [2.24, 2.45) is 0 Å². The molecular weight excluding hydrogens is 214 g/mol. The molecule has 1 unspecified atom stereocenters. The van der Waals surface area contributed by atoms with Crippen LogP contribution in [0.1, 0.15) is 19.8 Å². The number of hydrogen-bond acceptors (Lipinski definition) is 3. The van der Waals surface area contributed by atoms with Gasteiger partial charge in [0.2, 0.25) is 5.91 Å². The maximum absolute atomic E-state index is 12.4. The number of likely N-dealkylation sites (tertiary alicyclic amines) is 1. The number of hydrogen-bond donors (Lipinski definition) is 1. The summed E-state index contributed by atoms with van der Waals surface area (Å²) in [5, 5.41) is 3.29. The van der Waals surface area contributed by atoms with Gasteiger partial charge in [0.25, 0.3) is 0 Å². The number of amides is 1. The third-order valence-corrected chi connectivity index (χ3v) is 3.65. The molecule has 1 amide bonds. The fourth-order valence-electron chi connectivity index (χ4n) is 2.66. The summed E-state index contributed by atoms with van der Waals surface area (Å²) in [5.74, 6) is 0.341. The summed E-state index contributed by atoms with van der Waals surface area (Å²) < 4.78 is 0. The van der Waals surface area contributed by atoms with Crippen molar-refractivity contribution in [2.75, 3.05) is 39.3 Å². The molecule has 0 saturated carbocycles. The SMILES string of the molecule is CC=CCN1CCCC1C(=O)N1CCNCC1. The van der Waals surface area contributed by atoms with E-state index in [2.05, 4.69) is 22.4 Å². The van der Waals surface area contributed by atoms with Gasteiger partial charge in [-0.3, -0.25) is 9.69 Å². The monoisotopic (exact) mass is 237 g/mol. The van der Waals surface area contributed by atoms with Gasteiger partial charge in [-0.1, -0.05) is 12.2 Å². The van der Waals surface area contributed by atoms with Crippen LogP contribution in [0.2, 0.25) is 0 Å². The molecule has 0 bridgehead atoms. The summed E-state index contributed by atoms with van der Waals surface area (Å²) in [6.45, 7) is 7.62. The molecule has 0 aromatic rings. The molecule has 0 spiro atoms. The van der Waals surface area contributed by atoms with Crippen molar-refractivity contribution in [1.82, 2.24) is 15.1 Å². The topological polar surface area (TPSA) is 35.6 Å². The molecule has 0 radical (unpaired) electrons. The zero-order chi connectivity index (χ0) is 12.1. The lowest BCUT2D eigenvalue weighted by molar-refractivity contribution is -0.136. The van der Waals surface area contributed by atoms with Crippen LogP contribution in [0.15, 0.2) is 12.2 Å². The van der Waals surface area contributed by atoms with Crippen LogP contribution in [0, 0.1) is 0 Å². The van der Waals surface area contributed by atoms with Crippen LogP contribution in [-0.4, -0.2) is 61.0 Å². The summed E-state index contributed by atoms with van der Waals surface area (Å²) in [4.78, 5) is 16.7. The molecule has 0 aromatic heterocycles. The maximum Gasteiger partial charge on any atom is 0.240 e. The van der Waals surface area contributed by atoms with Gasteiger partial charge in [0.15, 0.2) is 0 Å². The summed E-state index contributed by atoms with van der Waals surface area (Å²) in [6.07, 6.45) is 6.38. The number of rotatable bonds is 3. The lowest BCUT2D eigenvalue weighted by atomic mass is 10.1. The average Bonchev–Trinajstić information content (AvgIpc) is 2.84. The molecule has 2 fully saturated rings. The van der Waals surface area contributed by atoms with Crippen molar-refractivity contribution in [3.05, 3.63) is 12.2 Å². The standard InChI is InChI=1S/C13H23N3O/c1-2-3-8-15-9-4-5-12(15)13(17)16-10-6-14-7-11-16/h2-3,12,14H,4-11H2,1H3. The number of piperazine rings is 1. The van der Waals surface area contributed by atoms with Gasteiger partial charge >= 0.3 is 0 Å². The van der Waals surface area contributed by atoms with Crippen LogP contribution in [0.25, 0.3) is 0 Å². The number of nitrogens with one attached hydrogen (secondary N) is 1. The molecule has 0 aliphatic carbocycles. The highest BCUT2D eigenvalue weighted by Crippen LogP contribution is 2.19. The Hall–Kier alpha value is -0.870. The molecule has 2 rings (SSSR count). The fraction of sp³-hybridized carbons (Fsp3) is 0.769. The Bertz CT molecular complexity index is 284. The summed E-state index contributed by atoms with van der Waals surface area (Å²) in [7, 11) is 0. The van der Waals surface area contributed by atoms with Gasteiger partial charge in [-0.2, -0.15) is 0 Å². The van der Waals surface area contributed by atoms with E-state index in [-0.39, 0.29) is 6.04 Å². The first kappa shape index (κ1) is 12.6. The first-order chi connectivity index (χ1) is 8.33. The minimum atomic E-state index is 0.129. The highest BCUT2D eigenvalue weighted by atomic mass is 16.2. The van der Waals surface area contributed by atoms with Gasteiger partial charge in [0.1, 0.15) is 0 Å². The van der Waals surface area contributed by atoms with Crippen LogP contribution < -0.4 is 5.32 Å². The van der Waals surface area contributed by atoms with Gasteiger partial charge in [-0.15, -0.1) is 0 Å². The number of allylic oxidation sites excluding steroid dienone is 1. The van der Waals surface area contributed by atoms with Crippen molar-refractivity contribution >= 4 is 5.91 Å². The predicted molar refractivity (Wildman–Crippen MR) is 68.9 cm³/mol. The van der Waals surface area contributed by atoms with Gasteiger partial charge < -0.3 is 10.2 Å². The first-order valence-corrected chi connectivity index (χ1v) is 6.67. The van der Waals surface area contributed by atoms with Crippen molar-refractivity contribution in [2.45, 2.75) is 25.8 Å². The van der Waals surface area contributed by atoms with E-state index in [1.165, 1.54) is 0 Å². The molecule has 2 aliphatic heterocycles. The fourth-order valence-corrected chi connectivity index (χ4v) is 2.66. The first-order valence-electron chi connectivity index (χ1n) is 6.67. The van der Waals surface area contributed by atoms with E-state index >= 15 is 0 Å². The van der Waals surface area contributed by atoms with Crippen molar-refractivity contribution < 1.29 is 4.79 Å². The van der Waals surface area contributed by atoms with Crippen molar-refractivity contribution in [1.29, 1.82) is 0 Å². The molecule has 96 valence electrons. The minimum Gasteiger partial charge on any atom is -0.339 e. The van der Waals surface area contributed by atoms with Gasteiger partial charge in [-0.25, -0.2) is 0 Å². The second-order valence-corrected chi connectivity index (χ2v) is 4.80. The predicted octanol–water partition coefficient (Wildman–Crippen LogP) is 0.459. The van der Waals surface area contributed by atoms with Gasteiger partial charge in [-0.05, 0) is 26.3 Å². The number of nitrogens with zero attached hydrogens (tertiary/aromatic N) is 2. The normalized spacial score (nSPS) is 26.9. The molecular formula is C13H23N3O. The second-order valence-electron chi connectivity index (χ2n) is 4.80. The van der Waals surface area contributed by atoms with E-state index in [0.29, 0.717) is 5.91 Å². The molecule has 2 saturated heterocycles. The Balaban J connectivity index is 1.92. The van der Waals surface area contributed by atoms with Crippen molar-refractivity contribution in [3.8, 4) is 0 Å². The summed E-state index contributed by atoms with van der Waals surface area (Å²) in [6, 6.07) is 0.129. The zero-order valence-electron chi connectivity index (χ0n) is 10.7. The lowest BCUT2D eigenvalue weighted by Gasteiger charge is -2.32. The van der Waals surface area contributed by atoms with Crippen LogP contribution >= 0.6 is 0 Å². The van der Waals surface area contributed by atoms with E-state index in [4.69, 9.17) is 0 Å². The molecule has 17 heavy (non-hydrogen) atoms. The largest absolute Gasteiger partial charge is 0.339 e. The average molecular weight is 237 g/mol. The highest BCUT2D eigenvalue weighted by molar-refractivity contribution is 5.82. The van der Waals surface area contributed by atoms with E-state index in [1.807, 2.05) is 11.8 Å². The third kappa shape index (κ3) is 3.07. The van der Waals surface area contributed by atoms with E-state index in [0.717, 1.165) is 52.1 Å². The Labute approximate surface area is 104 Å². The summed E-state index contributed by atoms with van der Waals surface area (Å²) in [5.41, 5.74) is 0. The lowest BCUT2D eigenvalue weighted by Crippen LogP contribution is -2.52. The minimum absolute atomic E-state index is 0.129. The Morgan fingerprint density at radius 1 is 1.35 bits per heavy atom. The Morgan fingerprint density at radius 3 is 2.82 bits per heavy atom. The molecule has 0 aromatic carbocycles. The zero-order valence-corrected chi connectivity index (χ0v) is 10.7. The van der Waals surface area contributed by atoms with Crippen LogP contribution in [-0.2, 0) is 4.79 Å². The molecule has 2 aliphatic rings. The Kier molecular flexibility index (Phi) is 4.57. The summed E-state index contributed by atoms with van der Waals surface area (Å²) >= 11 is 0. The van der Waals surface area contributed by atoms with E-state index in [1.54, 1.807) is 0 Å². The molecule has 4 heteroatoms. The number of carbonyl (C=O) groups is 1. The number of carbonyl (C=O) groups excluding carboxylic acids is 1. The van der Waals surface area contributed by atoms with Gasteiger partial charge in [0, 0.05) is 32.7 Å². The van der Waals surface area contributed by atoms with Gasteiger partial charge in [0.05, 0.1) is 6.04 Å². The quantitative estimate of drug-likeness (QED) is 0.724. The van der Waals surface area contributed by atoms with Crippen LogP contribution in [0.4, 0.5) is 0 Å². The highest BCUT2D eigenvalue weighted by Gasteiger charge is 2.33. The van der Waals surface area contributed by atoms with E-state index in [9.17, 15) is 4.79 Å². The van der Waals surface area contributed by atoms with Crippen LogP contribution in [0.5, 0.6) is 0 Å². The smallest absolute Gasteiger partial charge is 0.240 e. The molecule has 2 heterocycles. The Morgan fingerprint density at radius 2 is 2.12 bits per heavy atom. The molecule has 1 atom stereocenters. The van der Waals surface area contributed by atoms with E-state index < -0.39 is 0 Å². The molecule has 1 N–H and O–H groups in total.